The van der Waals surface area contributed by atoms with E-state index >= 15 is 0 Å². The molecule has 0 N–H and O–H groups in total. The summed E-state index contributed by atoms with van der Waals surface area (Å²) >= 11 is 0. The van der Waals surface area contributed by atoms with E-state index in [2.05, 4.69) is 289 Å². The van der Waals surface area contributed by atoms with E-state index in [9.17, 15) is 0 Å². The largest absolute Gasteiger partial charge is 0.310 e. The van der Waals surface area contributed by atoms with Gasteiger partial charge in [0.2, 0.25) is 0 Å². The van der Waals surface area contributed by atoms with Gasteiger partial charge in [-0.05, 0) is 125 Å². The van der Waals surface area contributed by atoms with Crippen molar-refractivity contribution in [1.29, 1.82) is 0 Å². The highest BCUT2D eigenvalue weighted by atomic mass is 28.3. The second kappa shape index (κ2) is 16.8. The molecule has 324 valence electrons. The van der Waals surface area contributed by atoms with Crippen LogP contribution in [0.2, 0.25) is 0 Å². The summed E-state index contributed by atoms with van der Waals surface area (Å²) in [6.07, 6.45) is 0. The maximum absolute atomic E-state index is 2.72. The van der Waals surface area contributed by atoms with Crippen molar-refractivity contribution in [3.8, 4) is 16.8 Å². The average Bonchev–Trinajstić information content (AvgIpc) is 3.77. The summed E-state index contributed by atoms with van der Waals surface area (Å²) in [6, 6.07) is 103. The molecule has 3 heteroatoms. The minimum absolute atomic E-state index is 1.10. The molecule has 1 heterocycles. The molecule has 0 unspecified atom stereocenters. The van der Waals surface area contributed by atoms with Crippen molar-refractivity contribution in [2.24, 2.45) is 0 Å². The van der Waals surface area contributed by atoms with Gasteiger partial charge >= 0.3 is 0 Å². The van der Waals surface area contributed by atoms with E-state index in [0.717, 1.165) is 22.7 Å². The highest BCUT2D eigenvalue weighted by molar-refractivity contribution is 7.19. The summed E-state index contributed by atoms with van der Waals surface area (Å²) in [5.41, 5.74) is 9.28. The minimum Gasteiger partial charge on any atom is -0.310 e. The van der Waals surface area contributed by atoms with Crippen LogP contribution in [0, 0.1) is 0 Å². The molecule has 0 saturated carbocycles. The van der Waals surface area contributed by atoms with Crippen LogP contribution in [-0.4, -0.2) is 12.6 Å². The number of hydrogen-bond acceptors (Lipinski definition) is 1. The maximum atomic E-state index is 2.43. The Morgan fingerprint density at radius 3 is 1.13 bits per heavy atom. The number of para-hydroxylation sites is 2. The van der Waals surface area contributed by atoms with Gasteiger partial charge in [-0.2, -0.15) is 0 Å². The van der Waals surface area contributed by atoms with Crippen LogP contribution in [0.1, 0.15) is 0 Å². The van der Waals surface area contributed by atoms with Crippen molar-refractivity contribution in [2.45, 2.75) is 0 Å². The number of nitrogens with zero attached hydrogens (tertiary/aromatic N) is 2. The maximum Gasteiger partial charge on any atom is 0.179 e. The van der Waals surface area contributed by atoms with Crippen molar-refractivity contribution in [1.82, 2.24) is 4.57 Å². The SMILES string of the molecule is c1ccc(-c2ccc(N(c3ccc([Si](c4ccccc4)(c4ccccc4)c4ccccc4)cc3)c3ccc4c5ccc(-n6c7ccccc7c7ccccc76)cc5c5ccccc5c4c3)cc2)cc1. The highest BCUT2D eigenvalue weighted by Crippen LogP contribution is 2.42. The Labute approximate surface area is 403 Å². The number of fused-ring (bicyclic) bond motifs is 9. The lowest BCUT2D eigenvalue weighted by molar-refractivity contribution is 1.19. The van der Waals surface area contributed by atoms with Gasteiger partial charge in [-0.3, -0.25) is 0 Å². The van der Waals surface area contributed by atoms with E-state index in [1.807, 2.05) is 0 Å². The zero-order valence-electron chi connectivity index (χ0n) is 38.0. The summed E-state index contributed by atoms with van der Waals surface area (Å²) in [4.78, 5) is 2.43. The first-order valence-corrected chi connectivity index (χ1v) is 25.8. The normalized spacial score (nSPS) is 11.8. The average molecular weight is 895 g/mol. The number of hydrogen-bond donors (Lipinski definition) is 0. The van der Waals surface area contributed by atoms with Gasteiger partial charge in [0.05, 0.1) is 11.0 Å². The molecular weight excluding hydrogens is 849 g/mol. The van der Waals surface area contributed by atoms with Crippen LogP contribution in [0.25, 0.3) is 70.9 Å². The van der Waals surface area contributed by atoms with E-state index < -0.39 is 8.07 Å². The molecule has 0 aliphatic rings. The Bertz CT molecular complexity index is 3810. The molecule has 0 aliphatic carbocycles. The number of aromatic nitrogens is 1. The molecule has 0 spiro atoms. The fraction of sp³-hybridized carbons (Fsp3) is 0. The van der Waals surface area contributed by atoms with Crippen LogP contribution in [-0.2, 0) is 0 Å². The molecule has 69 heavy (non-hydrogen) atoms. The fourth-order valence-electron chi connectivity index (χ4n) is 11.2. The lowest BCUT2D eigenvalue weighted by Crippen LogP contribution is -2.74. The van der Waals surface area contributed by atoms with Gasteiger partial charge in [-0.15, -0.1) is 0 Å². The minimum atomic E-state index is -2.72. The van der Waals surface area contributed by atoms with Crippen molar-refractivity contribution in [3.05, 3.63) is 279 Å². The fourth-order valence-corrected chi connectivity index (χ4v) is 16.0. The van der Waals surface area contributed by atoms with Crippen LogP contribution in [0.5, 0.6) is 0 Å². The predicted molar refractivity (Wildman–Crippen MR) is 297 cm³/mol. The topological polar surface area (TPSA) is 8.17 Å². The second-order valence-electron chi connectivity index (χ2n) is 18.0. The first kappa shape index (κ1) is 40.5. The summed E-state index contributed by atoms with van der Waals surface area (Å²) in [6.45, 7) is 0. The first-order valence-electron chi connectivity index (χ1n) is 23.8. The molecule has 0 radical (unpaired) electrons. The van der Waals surface area contributed by atoms with Gasteiger partial charge in [-0.1, -0.05) is 218 Å². The number of anilines is 3. The van der Waals surface area contributed by atoms with Gasteiger partial charge < -0.3 is 9.47 Å². The van der Waals surface area contributed by atoms with E-state index in [4.69, 9.17) is 0 Å². The van der Waals surface area contributed by atoms with Crippen LogP contribution in [0.3, 0.4) is 0 Å². The smallest absolute Gasteiger partial charge is 0.179 e. The molecule has 0 bridgehead atoms. The second-order valence-corrected chi connectivity index (χ2v) is 21.8. The lowest BCUT2D eigenvalue weighted by atomic mass is 9.93. The predicted octanol–water partition coefficient (Wildman–Crippen LogP) is 14.8. The van der Waals surface area contributed by atoms with Crippen LogP contribution in [0.15, 0.2) is 279 Å². The van der Waals surface area contributed by atoms with Gasteiger partial charge in [0, 0.05) is 33.5 Å². The standard InChI is InChI=1S/C66H46N2Si/c1-5-19-47(20-6-1)48-33-35-49(36-34-48)67(50-37-41-56(42-38-50)69(53-21-7-2-8-22-53,54-23-9-3-10-24-54)55-25-11-4-12-26-55)51-39-43-59-60-44-40-52(46-64(60)58-28-14-13-27-57(58)63(59)45-51)68-65-31-17-15-29-61(65)62-30-16-18-32-66(62)68/h1-46H. The van der Waals surface area contributed by atoms with Crippen molar-refractivity contribution < 1.29 is 0 Å². The molecule has 1 aromatic heterocycles. The Hall–Kier alpha value is -8.76. The van der Waals surface area contributed by atoms with Gasteiger partial charge in [0.25, 0.3) is 0 Å². The lowest BCUT2D eigenvalue weighted by Gasteiger charge is -2.35. The van der Waals surface area contributed by atoms with Crippen molar-refractivity contribution >= 4 is 100 Å². The Kier molecular flexibility index (Phi) is 9.88. The third-order valence-corrected chi connectivity index (χ3v) is 19.1. The third kappa shape index (κ3) is 6.70. The zero-order valence-corrected chi connectivity index (χ0v) is 39.0. The molecule has 13 aromatic rings. The van der Waals surface area contributed by atoms with Crippen LogP contribution in [0.4, 0.5) is 17.1 Å². The van der Waals surface area contributed by atoms with E-state index in [-0.39, 0.29) is 0 Å². The van der Waals surface area contributed by atoms with Gasteiger partial charge in [0.1, 0.15) is 0 Å². The Morgan fingerprint density at radius 1 is 0.246 bits per heavy atom. The first-order chi connectivity index (χ1) is 34.2. The van der Waals surface area contributed by atoms with E-state index in [1.165, 1.54) is 86.0 Å². The van der Waals surface area contributed by atoms with Crippen molar-refractivity contribution in [2.75, 3.05) is 4.90 Å². The summed E-state index contributed by atoms with van der Waals surface area (Å²) < 4.78 is 2.42. The molecule has 12 aromatic carbocycles. The zero-order chi connectivity index (χ0) is 45.7. The number of rotatable bonds is 9. The molecule has 0 saturated heterocycles. The van der Waals surface area contributed by atoms with E-state index in [1.54, 1.807) is 0 Å². The highest BCUT2D eigenvalue weighted by Gasteiger charge is 2.41. The molecule has 0 aliphatic heterocycles. The summed E-state index contributed by atoms with van der Waals surface area (Å²) in [5, 5.41) is 15.4. The van der Waals surface area contributed by atoms with Crippen LogP contribution < -0.4 is 25.6 Å². The van der Waals surface area contributed by atoms with Gasteiger partial charge in [0.15, 0.2) is 8.07 Å². The van der Waals surface area contributed by atoms with Crippen molar-refractivity contribution in [3.63, 3.8) is 0 Å². The van der Waals surface area contributed by atoms with Gasteiger partial charge in [-0.25, -0.2) is 0 Å². The molecule has 2 nitrogen and oxygen atoms in total. The monoisotopic (exact) mass is 894 g/mol. The molecule has 0 amide bonds. The molecule has 0 atom stereocenters. The quantitative estimate of drug-likeness (QED) is 0.0796. The molecular formula is C66H46N2Si. The number of benzene rings is 12. The summed E-state index contributed by atoms with van der Waals surface area (Å²) in [7, 11) is -2.72. The molecule has 13 rings (SSSR count). The van der Waals surface area contributed by atoms with Crippen LogP contribution >= 0.6 is 0 Å². The Morgan fingerprint density at radius 2 is 0.609 bits per heavy atom. The summed E-state index contributed by atoms with van der Waals surface area (Å²) in [5.74, 6) is 0. The Balaban J connectivity index is 0.995. The third-order valence-electron chi connectivity index (χ3n) is 14.3. The molecule has 0 fully saturated rings. The van der Waals surface area contributed by atoms with E-state index in [0.29, 0.717) is 0 Å².